The SMILES string of the molecule is O=C(COC(=O)/C=C/c1cccc(C(F)(F)F)c1)Nc1ccc(F)c([N+](=O)[O-])c1. The fourth-order valence-corrected chi connectivity index (χ4v) is 2.10. The van der Waals surface area contributed by atoms with E-state index in [1.165, 1.54) is 12.1 Å². The van der Waals surface area contributed by atoms with Crippen LogP contribution < -0.4 is 5.32 Å². The van der Waals surface area contributed by atoms with Crippen molar-refractivity contribution in [3.8, 4) is 0 Å². The van der Waals surface area contributed by atoms with Crippen LogP contribution in [0.1, 0.15) is 11.1 Å². The van der Waals surface area contributed by atoms with Gasteiger partial charge in [-0.05, 0) is 35.9 Å². The Morgan fingerprint density at radius 2 is 1.90 bits per heavy atom. The summed E-state index contributed by atoms with van der Waals surface area (Å²) in [5, 5.41) is 12.8. The zero-order valence-electron chi connectivity index (χ0n) is 14.4. The van der Waals surface area contributed by atoms with Crippen molar-refractivity contribution >= 4 is 29.3 Å². The molecule has 0 radical (unpaired) electrons. The second-order valence-corrected chi connectivity index (χ2v) is 5.54. The Hall–Kier alpha value is -3.76. The van der Waals surface area contributed by atoms with E-state index in [1.807, 2.05) is 0 Å². The van der Waals surface area contributed by atoms with E-state index >= 15 is 0 Å². The molecule has 0 spiro atoms. The first-order valence-electron chi connectivity index (χ1n) is 7.82. The summed E-state index contributed by atoms with van der Waals surface area (Å²) in [6.45, 7) is -0.767. The van der Waals surface area contributed by atoms with E-state index in [-0.39, 0.29) is 11.3 Å². The molecule has 2 aromatic carbocycles. The lowest BCUT2D eigenvalue weighted by Crippen LogP contribution is -2.20. The summed E-state index contributed by atoms with van der Waals surface area (Å²) >= 11 is 0. The number of nitro groups is 1. The zero-order chi connectivity index (χ0) is 21.6. The summed E-state index contributed by atoms with van der Waals surface area (Å²) in [7, 11) is 0. The molecule has 0 saturated heterocycles. The smallest absolute Gasteiger partial charge is 0.416 e. The van der Waals surface area contributed by atoms with Crippen LogP contribution in [0.3, 0.4) is 0 Å². The summed E-state index contributed by atoms with van der Waals surface area (Å²) in [5.41, 5.74) is -1.72. The van der Waals surface area contributed by atoms with Crippen LogP contribution in [0.25, 0.3) is 6.08 Å². The average Bonchev–Trinajstić information content (AvgIpc) is 2.65. The first-order chi connectivity index (χ1) is 13.6. The second-order valence-electron chi connectivity index (χ2n) is 5.54. The molecule has 152 valence electrons. The van der Waals surface area contributed by atoms with Crippen LogP contribution >= 0.6 is 0 Å². The molecule has 1 N–H and O–H groups in total. The number of hydrogen-bond acceptors (Lipinski definition) is 5. The third-order valence-electron chi connectivity index (χ3n) is 3.40. The van der Waals surface area contributed by atoms with Crippen LogP contribution in [0, 0.1) is 15.9 Å². The molecule has 0 heterocycles. The van der Waals surface area contributed by atoms with Crippen molar-refractivity contribution < 1.29 is 36.8 Å². The summed E-state index contributed by atoms with van der Waals surface area (Å²) in [5.74, 6) is -2.94. The van der Waals surface area contributed by atoms with Gasteiger partial charge in [-0.3, -0.25) is 14.9 Å². The molecule has 0 fully saturated rings. The number of amides is 1. The molecule has 0 aliphatic heterocycles. The highest BCUT2D eigenvalue weighted by Crippen LogP contribution is 2.29. The number of alkyl halides is 3. The molecule has 0 aliphatic rings. The van der Waals surface area contributed by atoms with Crippen LogP contribution in [-0.4, -0.2) is 23.4 Å². The van der Waals surface area contributed by atoms with Gasteiger partial charge < -0.3 is 10.1 Å². The molecule has 0 aliphatic carbocycles. The number of nitrogens with zero attached hydrogens (tertiary/aromatic N) is 1. The maximum atomic E-state index is 13.2. The molecule has 0 unspecified atom stereocenters. The molecule has 2 aromatic rings. The van der Waals surface area contributed by atoms with Crippen LogP contribution in [-0.2, 0) is 20.5 Å². The number of carbonyl (C=O) groups is 2. The predicted molar refractivity (Wildman–Crippen MR) is 93.1 cm³/mol. The van der Waals surface area contributed by atoms with Gasteiger partial charge in [-0.2, -0.15) is 17.6 Å². The Balaban J connectivity index is 1.91. The van der Waals surface area contributed by atoms with Gasteiger partial charge in [0.1, 0.15) is 0 Å². The van der Waals surface area contributed by atoms with E-state index in [0.717, 1.165) is 42.5 Å². The van der Waals surface area contributed by atoms with Gasteiger partial charge in [0.25, 0.3) is 5.91 Å². The lowest BCUT2D eigenvalue weighted by atomic mass is 10.1. The maximum absolute atomic E-state index is 13.2. The highest BCUT2D eigenvalue weighted by molar-refractivity contribution is 5.94. The van der Waals surface area contributed by atoms with Crippen molar-refractivity contribution in [3.05, 3.63) is 75.6 Å². The molecular weight excluding hydrogens is 400 g/mol. The van der Waals surface area contributed by atoms with Gasteiger partial charge in [0.15, 0.2) is 6.61 Å². The molecule has 0 aromatic heterocycles. The summed E-state index contributed by atoms with van der Waals surface area (Å²) < 4.78 is 55.7. The first-order valence-corrected chi connectivity index (χ1v) is 7.82. The Kier molecular flexibility index (Phi) is 6.65. The highest BCUT2D eigenvalue weighted by Gasteiger charge is 2.30. The van der Waals surface area contributed by atoms with E-state index in [2.05, 4.69) is 10.1 Å². The fourth-order valence-electron chi connectivity index (χ4n) is 2.10. The molecular formula is C18H12F4N2O5. The van der Waals surface area contributed by atoms with Crippen LogP contribution in [0.2, 0.25) is 0 Å². The third kappa shape index (κ3) is 6.41. The fraction of sp³-hybridized carbons (Fsp3) is 0.111. The predicted octanol–water partition coefficient (Wildman–Crippen LogP) is 3.95. The number of benzene rings is 2. The van der Waals surface area contributed by atoms with E-state index in [1.54, 1.807) is 0 Å². The summed E-state index contributed by atoms with van der Waals surface area (Å²) in [4.78, 5) is 33.0. The molecule has 1 amide bonds. The number of anilines is 1. The minimum atomic E-state index is -4.53. The first kappa shape index (κ1) is 21.5. The number of hydrogen-bond donors (Lipinski definition) is 1. The van der Waals surface area contributed by atoms with Crippen LogP contribution in [0.5, 0.6) is 0 Å². The lowest BCUT2D eigenvalue weighted by molar-refractivity contribution is -0.387. The standard InChI is InChI=1S/C18H12F4N2O5/c19-14-6-5-13(9-15(14)24(27)28)23-16(25)10-29-17(26)7-4-11-2-1-3-12(8-11)18(20,21)22/h1-9H,10H2,(H,23,25)/b7-4+. The quantitative estimate of drug-likeness (QED) is 0.255. The lowest BCUT2D eigenvalue weighted by Gasteiger charge is -2.07. The monoisotopic (exact) mass is 412 g/mol. The van der Waals surface area contributed by atoms with Crippen molar-refractivity contribution in [2.45, 2.75) is 6.18 Å². The van der Waals surface area contributed by atoms with E-state index in [0.29, 0.717) is 0 Å². The number of carbonyl (C=O) groups excluding carboxylic acids is 2. The highest BCUT2D eigenvalue weighted by atomic mass is 19.4. The van der Waals surface area contributed by atoms with Crippen molar-refractivity contribution in [1.29, 1.82) is 0 Å². The minimum Gasteiger partial charge on any atom is -0.452 e. The largest absolute Gasteiger partial charge is 0.452 e. The number of esters is 1. The Bertz CT molecular complexity index is 973. The summed E-state index contributed by atoms with van der Waals surface area (Å²) in [6, 6.07) is 6.88. The van der Waals surface area contributed by atoms with E-state index < -0.39 is 46.7 Å². The molecule has 11 heteroatoms. The van der Waals surface area contributed by atoms with Gasteiger partial charge in [0.05, 0.1) is 10.5 Å². The second kappa shape index (κ2) is 8.95. The van der Waals surface area contributed by atoms with Crippen molar-refractivity contribution in [1.82, 2.24) is 0 Å². The van der Waals surface area contributed by atoms with E-state index in [9.17, 15) is 37.3 Å². The number of halogens is 4. The van der Waals surface area contributed by atoms with Gasteiger partial charge in [0.2, 0.25) is 5.82 Å². The van der Waals surface area contributed by atoms with Gasteiger partial charge in [-0.25, -0.2) is 4.79 Å². The van der Waals surface area contributed by atoms with Gasteiger partial charge in [-0.1, -0.05) is 12.1 Å². The molecule has 0 bridgehead atoms. The Labute approximate surface area is 160 Å². The Morgan fingerprint density at radius 3 is 2.55 bits per heavy atom. The van der Waals surface area contributed by atoms with Gasteiger partial charge in [-0.15, -0.1) is 0 Å². The third-order valence-corrected chi connectivity index (χ3v) is 3.40. The summed E-state index contributed by atoms with van der Waals surface area (Å²) in [6.07, 6.45) is -2.61. The van der Waals surface area contributed by atoms with Gasteiger partial charge in [0, 0.05) is 17.8 Å². The van der Waals surface area contributed by atoms with Gasteiger partial charge >= 0.3 is 17.8 Å². The van der Waals surface area contributed by atoms with Crippen LogP contribution in [0.4, 0.5) is 28.9 Å². The van der Waals surface area contributed by atoms with Crippen molar-refractivity contribution in [2.24, 2.45) is 0 Å². The topological polar surface area (TPSA) is 98.5 Å². The zero-order valence-corrected chi connectivity index (χ0v) is 14.4. The number of ether oxygens (including phenoxy) is 1. The number of nitro benzene ring substituents is 1. The van der Waals surface area contributed by atoms with Crippen molar-refractivity contribution in [2.75, 3.05) is 11.9 Å². The number of nitrogens with one attached hydrogen (secondary N) is 1. The molecule has 29 heavy (non-hydrogen) atoms. The average molecular weight is 412 g/mol. The Morgan fingerprint density at radius 1 is 1.17 bits per heavy atom. The molecule has 7 nitrogen and oxygen atoms in total. The maximum Gasteiger partial charge on any atom is 0.416 e. The normalized spacial score (nSPS) is 11.3. The minimum absolute atomic E-state index is 0.0846. The van der Waals surface area contributed by atoms with E-state index in [4.69, 9.17) is 0 Å². The van der Waals surface area contributed by atoms with Crippen molar-refractivity contribution in [3.63, 3.8) is 0 Å². The number of rotatable bonds is 6. The molecule has 0 saturated carbocycles. The molecule has 2 rings (SSSR count). The van der Waals surface area contributed by atoms with Crippen LogP contribution in [0.15, 0.2) is 48.5 Å². The molecule has 0 atom stereocenters.